The maximum atomic E-state index is 15.2. The van der Waals surface area contributed by atoms with E-state index >= 15 is 4.39 Å². The fourth-order valence-corrected chi connectivity index (χ4v) is 6.71. The molecule has 3 aliphatic heterocycles. The fraction of sp³-hybridized carbons (Fsp3) is 0.370. The van der Waals surface area contributed by atoms with E-state index < -0.39 is 32.7 Å². The third kappa shape index (κ3) is 4.69. The van der Waals surface area contributed by atoms with Gasteiger partial charge in [-0.05, 0) is 49.7 Å². The number of pyridine rings is 1. The second-order valence-electron chi connectivity index (χ2n) is 9.92. The Balaban J connectivity index is 1.23. The minimum atomic E-state index is -4.07. The normalized spacial score (nSPS) is 22.1. The van der Waals surface area contributed by atoms with Crippen LogP contribution in [-0.4, -0.2) is 63.2 Å². The van der Waals surface area contributed by atoms with Crippen molar-refractivity contribution in [3.05, 3.63) is 83.7 Å². The molecule has 7 nitrogen and oxygen atoms in total. The molecule has 0 bridgehead atoms. The van der Waals surface area contributed by atoms with Gasteiger partial charge in [-0.15, -0.1) is 0 Å². The molecular formula is C27H28F2N4O3S. The average Bonchev–Trinajstić information content (AvgIpc) is 2.82. The first-order valence-electron chi connectivity index (χ1n) is 12.5. The molecule has 3 aliphatic rings. The summed E-state index contributed by atoms with van der Waals surface area (Å²) in [4.78, 5) is 7.16. The van der Waals surface area contributed by atoms with Gasteiger partial charge in [0.25, 0.3) is 0 Å². The van der Waals surface area contributed by atoms with Gasteiger partial charge in [-0.2, -0.15) is 4.39 Å². The molecule has 1 aromatic heterocycles. The van der Waals surface area contributed by atoms with Crippen LogP contribution in [0.5, 0.6) is 5.75 Å². The second-order valence-corrected chi connectivity index (χ2v) is 11.6. The van der Waals surface area contributed by atoms with Gasteiger partial charge in [-0.3, -0.25) is 4.90 Å². The first-order valence-corrected chi connectivity index (χ1v) is 14.0. The van der Waals surface area contributed by atoms with Gasteiger partial charge in [0.15, 0.2) is 0 Å². The number of nitrogens with zero attached hydrogens (tertiary/aromatic N) is 3. The zero-order valence-corrected chi connectivity index (χ0v) is 21.0. The topological polar surface area (TPSA) is 74.8 Å². The highest BCUT2D eigenvalue weighted by molar-refractivity contribution is 7.89. The standard InChI is InChI=1S/C27H28F2N4O3S/c28-22-14-25-21(20(12-18-6-2-1-3-7-18)24(17-36-25)32-10-5-11-32)13-23(22)33-15-19(16-33)31-37(34,35)26-8-4-9-30-27(26)29/h1-4,6-9,13-14,19-20,24,31H,5,10-12,15-17H2. The Morgan fingerprint density at radius 3 is 2.54 bits per heavy atom. The molecule has 0 spiro atoms. The van der Waals surface area contributed by atoms with E-state index in [4.69, 9.17) is 4.74 Å². The number of nitrogens with one attached hydrogen (secondary N) is 1. The van der Waals surface area contributed by atoms with Crippen molar-refractivity contribution in [3.63, 3.8) is 0 Å². The molecule has 3 aromatic rings. The number of anilines is 1. The number of ether oxygens (including phenoxy) is 1. The third-order valence-corrected chi connectivity index (χ3v) is 9.10. The van der Waals surface area contributed by atoms with Crippen molar-refractivity contribution in [2.45, 2.75) is 35.7 Å². The van der Waals surface area contributed by atoms with E-state index in [0.29, 0.717) is 18.0 Å². The van der Waals surface area contributed by atoms with Gasteiger partial charge in [0.05, 0.1) is 17.8 Å². The maximum Gasteiger partial charge on any atom is 0.245 e. The molecule has 6 rings (SSSR count). The summed E-state index contributed by atoms with van der Waals surface area (Å²) >= 11 is 0. The summed E-state index contributed by atoms with van der Waals surface area (Å²) in [6.07, 6.45) is 3.19. The fourth-order valence-electron chi connectivity index (χ4n) is 5.47. The van der Waals surface area contributed by atoms with Crippen molar-refractivity contribution < 1.29 is 21.9 Å². The van der Waals surface area contributed by atoms with Crippen LogP contribution in [-0.2, 0) is 16.4 Å². The van der Waals surface area contributed by atoms with Crippen molar-refractivity contribution in [3.8, 4) is 5.75 Å². The Kier molecular flexibility index (Phi) is 6.34. The quantitative estimate of drug-likeness (QED) is 0.476. The summed E-state index contributed by atoms with van der Waals surface area (Å²) < 4.78 is 62.9. The molecule has 1 N–H and O–H groups in total. The number of fused-ring (bicyclic) bond motifs is 1. The van der Waals surface area contributed by atoms with Gasteiger partial charge in [-0.25, -0.2) is 22.5 Å². The van der Waals surface area contributed by atoms with Crippen LogP contribution in [0.3, 0.4) is 0 Å². The first-order chi connectivity index (χ1) is 17.9. The minimum absolute atomic E-state index is 0.148. The Labute approximate surface area is 215 Å². The molecule has 4 heterocycles. The van der Waals surface area contributed by atoms with Crippen molar-refractivity contribution in [1.29, 1.82) is 0 Å². The minimum Gasteiger partial charge on any atom is -0.492 e. The number of aromatic nitrogens is 1. The summed E-state index contributed by atoms with van der Waals surface area (Å²) in [5.74, 6) is -0.730. The number of hydrogen-bond donors (Lipinski definition) is 1. The van der Waals surface area contributed by atoms with Crippen LogP contribution >= 0.6 is 0 Å². The lowest BCUT2D eigenvalue weighted by Crippen LogP contribution is -2.59. The Morgan fingerprint density at radius 1 is 1.05 bits per heavy atom. The van der Waals surface area contributed by atoms with Crippen molar-refractivity contribution in [2.24, 2.45) is 0 Å². The molecule has 10 heteroatoms. The summed E-state index contributed by atoms with van der Waals surface area (Å²) in [5.41, 5.74) is 2.62. The molecule has 2 fully saturated rings. The van der Waals surface area contributed by atoms with E-state index in [1.807, 2.05) is 24.3 Å². The smallest absolute Gasteiger partial charge is 0.245 e. The number of likely N-dealkylation sites (tertiary alicyclic amines) is 1. The lowest BCUT2D eigenvalue weighted by atomic mass is 9.82. The van der Waals surface area contributed by atoms with E-state index in [1.54, 1.807) is 4.90 Å². The SMILES string of the molecule is O=S(=O)(NC1CN(c2cc3c(cc2F)OCC(N2CCC2)C3Cc2ccccc2)C1)c1cccnc1F. The van der Waals surface area contributed by atoms with Gasteiger partial charge in [0, 0.05) is 36.8 Å². The van der Waals surface area contributed by atoms with Gasteiger partial charge in [0.1, 0.15) is 23.1 Å². The highest BCUT2D eigenvalue weighted by atomic mass is 32.2. The van der Waals surface area contributed by atoms with Gasteiger partial charge < -0.3 is 9.64 Å². The monoisotopic (exact) mass is 526 g/mol. The molecule has 0 saturated carbocycles. The molecule has 0 amide bonds. The Bertz CT molecular complexity index is 1400. The molecule has 0 aliphatic carbocycles. The molecule has 194 valence electrons. The molecule has 2 unspecified atom stereocenters. The maximum absolute atomic E-state index is 15.2. The van der Waals surface area contributed by atoms with Gasteiger partial charge in [-0.1, -0.05) is 30.3 Å². The summed E-state index contributed by atoms with van der Waals surface area (Å²) in [5, 5.41) is 0. The molecule has 37 heavy (non-hydrogen) atoms. The molecular weight excluding hydrogens is 498 g/mol. The van der Waals surface area contributed by atoms with E-state index in [2.05, 4.69) is 26.7 Å². The number of sulfonamides is 1. The Hall–Kier alpha value is -3.08. The van der Waals surface area contributed by atoms with E-state index in [9.17, 15) is 12.8 Å². The zero-order valence-electron chi connectivity index (χ0n) is 20.2. The van der Waals surface area contributed by atoms with Crippen LogP contribution in [0.4, 0.5) is 14.5 Å². The van der Waals surface area contributed by atoms with Crippen LogP contribution in [0.15, 0.2) is 65.7 Å². The van der Waals surface area contributed by atoms with E-state index in [-0.39, 0.29) is 25.0 Å². The first kappa shape index (κ1) is 24.3. The van der Waals surface area contributed by atoms with Crippen molar-refractivity contribution >= 4 is 15.7 Å². The summed E-state index contributed by atoms with van der Waals surface area (Å²) in [6, 6.07) is 15.9. The largest absolute Gasteiger partial charge is 0.492 e. The van der Waals surface area contributed by atoms with Crippen LogP contribution in [0, 0.1) is 11.8 Å². The molecule has 0 radical (unpaired) electrons. The lowest BCUT2D eigenvalue weighted by Gasteiger charge is -2.46. The number of benzene rings is 2. The molecule has 2 saturated heterocycles. The summed E-state index contributed by atoms with van der Waals surface area (Å²) in [6.45, 7) is 3.15. The number of halogens is 2. The van der Waals surface area contributed by atoms with Crippen LogP contribution in [0.1, 0.15) is 23.5 Å². The molecule has 2 aromatic carbocycles. The van der Waals surface area contributed by atoms with Crippen molar-refractivity contribution in [1.82, 2.24) is 14.6 Å². The number of hydrogen-bond acceptors (Lipinski definition) is 6. The number of rotatable bonds is 7. The molecule has 2 atom stereocenters. The predicted molar refractivity (Wildman–Crippen MR) is 135 cm³/mol. The predicted octanol–water partition coefficient (Wildman–Crippen LogP) is 3.32. The second kappa shape index (κ2) is 9.66. The van der Waals surface area contributed by atoms with E-state index in [0.717, 1.165) is 25.1 Å². The summed E-state index contributed by atoms with van der Waals surface area (Å²) in [7, 11) is -4.07. The van der Waals surface area contributed by atoms with Gasteiger partial charge >= 0.3 is 0 Å². The van der Waals surface area contributed by atoms with Crippen LogP contribution in [0.2, 0.25) is 0 Å². The lowest BCUT2D eigenvalue weighted by molar-refractivity contribution is 0.0500. The Morgan fingerprint density at radius 2 is 1.84 bits per heavy atom. The van der Waals surface area contributed by atoms with E-state index in [1.165, 1.54) is 36.4 Å². The highest BCUT2D eigenvalue weighted by Gasteiger charge is 2.39. The zero-order chi connectivity index (χ0) is 25.6. The van der Waals surface area contributed by atoms with Gasteiger partial charge in [0.2, 0.25) is 16.0 Å². The van der Waals surface area contributed by atoms with Crippen molar-refractivity contribution in [2.75, 3.05) is 37.7 Å². The van der Waals surface area contributed by atoms with Crippen LogP contribution < -0.4 is 14.4 Å². The van der Waals surface area contributed by atoms with Crippen LogP contribution in [0.25, 0.3) is 0 Å². The average molecular weight is 527 g/mol. The highest BCUT2D eigenvalue weighted by Crippen LogP contribution is 2.43. The third-order valence-electron chi connectivity index (χ3n) is 7.57.